The number of hydrogen-bond acceptors (Lipinski definition) is 4. The lowest BCUT2D eigenvalue weighted by Gasteiger charge is -2.10. The van der Waals surface area contributed by atoms with Crippen LogP contribution >= 0.6 is 0 Å². The summed E-state index contributed by atoms with van der Waals surface area (Å²) in [5.74, 6) is -1.47. The van der Waals surface area contributed by atoms with Crippen molar-refractivity contribution >= 4 is 11.9 Å². The fourth-order valence-corrected chi connectivity index (χ4v) is 1.04. The molecule has 1 amide bonds. The van der Waals surface area contributed by atoms with E-state index in [-0.39, 0.29) is 5.56 Å². The topological polar surface area (TPSA) is 99.8 Å². The average molecular weight is 213 g/mol. The zero-order valence-electron chi connectivity index (χ0n) is 8.06. The Labute approximate surface area is 85.5 Å². The highest BCUT2D eigenvalue weighted by molar-refractivity contribution is 5.97. The minimum Gasteiger partial charge on any atom is -0.480 e. The number of carbonyl (C=O) groups is 2. The lowest BCUT2D eigenvalue weighted by Crippen LogP contribution is -2.43. The summed E-state index contributed by atoms with van der Waals surface area (Å²) < 4.78 is 4.89. The number of hydrogen-bond donors (Lipinski definition) is 3. The predicted octanol–water partition coefficient (Wildman–Crippen LogP) is -0.237. The predicted molar refractivity (Wildman–Crippen MR) is 49.4 cm³/mol. The van der Waals surface area contributed by atoms with Crippen LogP contribution in [0.2, 0.25) is 0 Å². The largest absolute Gasteiger partial charge is 0.480 e. The van der Waals surface area contributed by atoms with Gasteiger partial charge >= 0.3 is 5.97 Å². The molecule has 0 bridgehead atoms. The summed E-state index contributed by atoms with van der Waals surface area (Å²) in [4.78, 5) is 22.0. The molecule has 1 aromatic rings. The van der Waals surface area contributed by atoms with Crippen molar-refractivity contribution in [3.8, 4) is 0 Å². The Morgan fingerprint density at radius 3 is 2.67 bits per heavy atom. The van der Waals surface area contributed by atoms with Crippen LogP contribution in [0.5, 0.6) is 0 Å². The van der Waals surface area contributed by atoms with E-state index in [0.29, 0.717) is 5.76 Å². The van der Waals surface area contributed by atoms with Gasteiger partial charge in [0.15, 0.2) is 6.04 Å². The average Bonchev–Trinajstić information content (AvgIpc) is 2.60. The number of carboxylic acids is 1. The number of carboxylic acid groups (broad SMARTS) is 1. The molecular formula is C9H11NO5. The zero-order chi connectivity index (χ0) is 11.4. The summed E-state index contributed by atoms with van der Waals surface area (Å²) in [5, 5.41) is 19.4. The van der Waals surface area contributed by atoms with Crippen molar-refractivity contribution in [3.05, 3.63) is 23.7 Å². The van der Waals surface area contributed by atoms with Crippen LogP contribution in [0, 0.1) is 6.92 Å². The van der Waals surface area contributed by atoms with E-state index < -0.39 is 24.5 Å². The molecule has 0 saturated heterocycles. The first-order chi connectivity index (χ1) is 7.06. The van der Waals surface area contributed by atoms with E-state index in [0.717, 1.165) is 0 Å². The molecule has 6 nitrogen and oxygen atoms in total. The maximum Gasteiger partial charge on any atom is 0.328 e. The maximum atomic E-state index is 11.5. The molecule has 0 saturated carbocycles. The Morgan fingerprint density at radius 2 is 2.27 bits per heavy atom. The molecule has 0 aromatic carbocycles. The van der Waals surface area contributed by atoms with E-state index >= 15 is 0 Å². The Bertz CT molecular complexity index is 370. The molecular weight excluding hydrogens is 202 g/mol. The molecule has 1 rings (SSSR count). The Balaban J connectivity index is 2.71. The third kappa shape index (κ3) is 2.57. The highest BCUT2D eigenvalue weighted by Gasteiger charge is 2.21. The van der Waals surface area contributed by atoms with Crippen LogP contribution in [0.3, 0.4) is 0 Å². The number of aliphatic carboxylic acids is 1. The molecule has 0 aliphatic carbocycles. The molecule has 0 aliphatic rings. The number of nitrogens with one attached hydrogen (secondary N) is 1. The number of aryl methyl sites for hydroxylation is 1. The lowest BCUT2D eigenvalue weighted by molar-refractivity contribution is -0.140. The van der Waals surface area contributed by atoms with Crippen LogP contribution in [0.15, 0.2) is 16.7 Å². The molecule has 0 fully saturated rings. The number of aliphatic hydroxyl groups excluding tert-OH is 1. The van der Waals surface area contributed by atoms with Gasteiger partial charge in [0.25, 0.3) is 5.91 Å². The van der Waals surface area contributed by atoms with Gasteiger partial charge in [-0.1, -0.05) is 0 Å². The molecule has 82 valence electrons. The Hall–Kier alpha value is -1.82. The van der Waals surface area contributed by atoms with Crippen LogP contribution in [0.25, 0.3) is 0 Å². The van der Waals surface area contributed by atoms with Gasteiger partial charge in [-0.2, -0.15) is 0 Å². The third-order valence-corrected chi connectivity index (χ3v) is 1.89. The second-order valence-corrected chi connectivity index (χ2v) is 2.94. The van der Waals surface area contributed by atoms with E-state index in [2.05, 4.69) is 5.32 Å². The summed E-state index contributed by atoms with van der Waals surface area (Å²) in [5.41, 5.74) is 0.259. The van der Waals surface area contributed by atoms with Gasteiger partial charge in [-0.25, -0.2) is 4.79 Å². The molecule has 15 heavy (non-hydrogen) atoms. The quantitative estimate of drug-likeness (QED) is 0.641. The van der Waals surface area contributed by atoms with E-state index in [1.165, 1.54) is 12.3 Å². The number of furan rings is 1. The van der Waals surface area contributed by atoms with Gasteiger partial charge in [-0.05, 0) is 13.0 Å². The normalized spacial score (nSPS) is 12.1. The molecule has 1 unspecified atom stereocenters. The van der Waals surface area contributed by atoms with Crippen molar-refractivity contribution in [2.75, 3.05) is 6.61 Å². The smallest absolute Gasteiger partial charge is 0.328 e. The molecule has 1 aromatic heterocycles. The highest BCUT2D eigenvalue weighted by atomic mass is 16.4. The first kappa shape index (κ1) is 11.3. The van der Waals surface area contributed by atoms with Gasteiger partial charge in [0.1, 0.15) is 5.76 Å². The van der Waals surface area contributed by atoms with Gasteiger partial charge in [-0.15, -0.1) is 0 Å². The summed E-state index contributed by atoms with van der Waals surface area (Å²) in [6, 6.07) is 0.132. The van der Waals surface area contributed by atoms with Crippen molar-refractivity contribution in [2.24, 2.45) is 0 Å². The molecule has 0 aliphatic heterocycles. The second-order valence-electron chi connectivity index (χ2n) is 2.94. The maximum absolute atomic E-state index is 11.5. The van der Waals surface area contributed by atoms with E-state index in [4.69, 9.17) is 14.6 Å². The standard InChI is InChI=1S/C9H11NO5/c1-5-6(2-3-15-5)8(12)10-7(4-11)9(13)14/h2-3,7,11H,4H2,1H3,(H,10,12)(H,13,14). The van der Waals surface area contributed by atoms with Crippen LogP contribution < -0.4 is 5.32 Å². The lowest BCUT2D eigenvalue weighted by atomic mass is 10.2. The molecule has 1 heterocycles. The minimum atomic E-state index is -1.30. The molecule has 1 atom stereocenters. The van der Waals surface area contributed by atoms with E-state index in [1.807, 2.05) is 0 Å². The van der Waals surface area contributed by atoms with Crippen molar-refractivity contribution < 1.29 is 24.2 Å². The number of rotatable bonds is 4. The minimum absolute atomic E-state index is 0.259. The highest BCUT2D eigenvalue weighted by Crippen LogP contribution is 2.08. The molecule has 6 heteroatoms. The molecule has 0 radical (unpaired) electrons. The van der Waals surface area contributed by atoms with Gasteiger partial charge in [0.05, 0.1) is 18.4 Å². The SMILES string of the molecule is Cc1occc1C(=O)NC(CO)C(=O)O. The van der Waals surface area contributed by atoms with Gasteiger partial charge < -0.3 is 19.9 Å². The van der Waals surface area contributed by atoms with Gasteiger partial charge in [-0.3, -0.25) is 4.79 Å². The second kappa shape index (κ2) is 4.61. The van der Waals surface area contributed by atoms with Gasteiger partial charge in [0, 0.05) is 0 Å². The van der Waals surface area contributed by atoms with Crippen molar-refractivity contribution in [2.45, 2.75) is 13.0 Å². The van der Waals surface area contributed by atoms with Crippen molar-refractivity contribution in [1.82, 2.24) is 5.32 Å². The summed E-state index contributed by atoms with van der Waals surface area (Å²) in [7, 11) is 0. The third-order valence-electron chi connectivity index (χ3n) is 1.89. The van der Waals surface area contributed by atoms with E-state index in [1.54, 1.807) is 6.92 Å². The van der Waals surface area contributed by atoms with Crippen LogP contribution in [-0.2, 0) is 4.79 Å². The number of aliphatic hydroxyl groups is 1. The summed E-state index contributed by atoms with van der Waals surface area (Å²) >= 11 is 0. The summed E-state index contributed by atoms with van der Waals surface area (Å²) in [6.07, 6.45) is 1.33. The first-order valence-electron chi connectivity index (χ1n) is 4.25. The fraction of sp³-hybridized carbons (Fsp3) is 0.333. The number of amides is 1. The van der Waals surface area contributed by atoms with Crippen LogP contribution in [0.4, 0.5) is 0 Å². The summed E-state index contributed by atoms with van der Waals surface area (Å²) in [6.45, 7) is 0.932. The zero-order valence-corrected chi connectivity index (χ0v) is 8.06. The monoisotopic (exact) mass is 213 g/mol. The van der Waals surface area contributed by atoms with Gasteiger partial charge in [0.2, 0.25) is 0 Å². The fourth-order valence-electron chi connectivity index (χ4n) is 1.04. The van der Waals surface area contributed by atoms with Crippen molar-refractivity contribution in [1.29, 1.82) is 0 Å². The first-order valence-corrected chi connectivity index (χ1v) is 4.25. The molecule has 3 N–H and O–H groups in total. The Morgan fingerprint density at radius 1 is 1.60 bits per heavy atom. The van der Waals surface area contributed by atoms with Crippen LogP contribution in [-0.4, -0.2) is 34.7 Å². The number of carbonyl (C=O) groups excluding carboxylic acids is 1. The van der Waals surface area contributed by atoms with Crippen molar-refractivity contribution in [3.63, 3.8) is 0 Å². The molecule has 0 spiro atoms. The van der Waals surface area contributed by atoms with Crippen LogP contribution in [0.1, 0.15) is 16.1 Å². The Kier molecular flexibility index (Phi) is 3.46. The van der Waals surface area contributed by atoms with E-state index in [9.17, 15) is 9.59 Å².